The molecule has 1 saturated heterocycles. The zero-order valence-corrected chi connectivity index (χ0v) is 24.5. The van der Waals surface area contributed by atoms with Gasteiger partial charge < -0.3 is 35.3 Å². The number of H-pyrrole nitrogens is 1. The topological polar surface area (TPSA) is 168 Å². The third-order valence-electron chi connectivity index (χ3n) is 6.81. The third kappa shape index (κ3) is 6.61. The van der Waals surface area contributed by atoms with Gasteiger partial charge in [-0.3, -0.25) is 4.79 Å². The van der Waals surface area contributed by atoms with Gasteiger partial charge in [-0.15, -0.1) is 0 Å². The van der Waals surface area contributed by atoms with Crippen molar-refractivity contribution in [3.05, 3.63) is 60.4 Å². The summed E-state index contributed by atoms with van der Waals surface area (Å²) >= 11 is 0. The van der Waals surface area contributed by atoms with E-state index in [4.69, 9.17) is 9.47 Å². The van der Waals surface area contributed by atoms with Crippen LogP contribution < -0.4 is 16.0 Å². The summed E-state index contributed by atoms with van der Waals surface area (Å²) in [7, 11) is -2.46. The number of amides is 2. The van der Waals surface area contributed by atoms with Crippen molar-refractivity contribution in [2.24, 2.45) is 0 Å². The van der Waals surface area contributed by atoms with E-state index in [0.717, 1.165) is 18.5 Å². The zero-order valence-electron chi connectivity index (χ0n) is 23.7. The minimum absolute atomic E-state index is 0.140. The van der Waals surface area contributed by atoms with Crippen LogP contribution in [0.4, 0.5) is 30.9 Å². The Labute approximate surface area is 250 Å². The van der Waals surface area contributed by atoms with Crippen molar-refractivity contribution >= 4 is 50.1 Å². The van der Waals surface area contributed by atoms with Crippen LogP contribution in [0.5, 0.6) is 0 Å². The van der Waals surface area contributed by atoms with Crippen LogP contribution in [-0.2, 0) is 24.1 Å². The Kier molecular flexibility index (Phi) is 9.03. The van der Waals surface area contributed by atoms with E-state index in [2.05, 4.69) is 30.9 Å². The fourth-order valence-electron chi connectivity index (χ4n) is 4.66. The number of nitrogens with zero attached hydrogens (tertiary/aromatic N) is 3. The van der Waals surface area contributed by atoms with E-state index >= 15 is 4.39 Å². The first-order chi connectivity index (χ1) is 21.1. The van der Waals surface area contributed by atoms with E-state index in [1.807, 2.05) is 0 Å². The van der Waals surface area contributed by atoms with Crippen molar-refractivity contribution in [1.29, 1.82) is 0 Å². The molecule has 232 valence electrons. The van der Waals surface area contributed by atoms with E-state index in [9.17, 15) is 22.4 Å². The number of benzene rings is 2. The maximum Gasteiger partial charge on any atom is 0.410 e. The van der Waals surface area contributed by atoms with Crippen LogP contribution in [0.25, 0.3) is 22.2 Å². The quantitative estimate of drug-likeness (QED) is 0.216. The molecule has 2 amide bonds. The fourth-order valence-corrected chi connectivity index (χ4v) is 5.42. The molecule has 2 aromatic carbocycles. The molecule has 16 heteroatoms. The number of methoxy groups -OCH3 is 1. The number of piperazine rings is 1. The van der Waals surface area contributed by atoms with E-state index in [1.54, 1.807) is 18.2 Å². The van der Waals surface area contributed by atoms with Gasteiger partial charge in [-0.2, -0.15) is 0 Å². The SMILES string of the molecule is COCC(OC(=O)N1CCNCC1)C(=O)Nc1cccc2c(-c3nc(Nc4cccc(S(C)(=O)=O)c4F)ncc3F)c[nH]c12. The summed E-state index contributed by atoms with van der Waals surface area (Å²) in [4.78, 5) is 37.8. The van der Waals surface area contributed by atoms with Crippen molar-refractivity contribution in [3.63, 3.8) is 0 Å². The minimum Gasteiger partial charge on any atom is -0.433 e. The number of hydrogen-bond acceptors (Lipinski definition) is 10. The molecule has 1 fully saturated rings. The molecule has 1 atom stereocenters. The number of halogens is 2. The van der Waals surface area contributed by atoms with Crippen LogP contribution in [-0.4, -0.2) is 92.5 Å². The minimum atomic E-state index is -3.84. The Morgan fingerprint density at radius 3 is 2.57 bits per heavy atom. The standard InChI is InChI=1S/C28H29F2N7O6S/c1-42-15-21(43-28(39)37-11-9-31-10-12-37)26(38)34-20-7-3-5-16-17(13-32-25(16)20)24-18(29)14-33-27(36-24)35-19-6-4-8-22(23(19)30)44(2,40)41/h3-8,13-14,21,31-32H,9-12,15H2,1-2H3,(H,34,38)(H,33,35,36). The van der Waals surface area contributed by atoms with Crippen molar-refractivity contribution in [1.82, 2.24) is 25.2 Å². The number of para-hydroxylation sites is 1. The molecular weight excluding hydrogens is 600 g/mol. The second-order valence-corrected chi connectivity index (χ2v) is 11.9. The van der Waals surface area contributed by atoms with Gasteiger partial charge in [0.1, 0.15) is 10.6 Å². The molecule has 0 aliphatic carbocycles. The number of aromatic nitrogens is 3. The van der Waals surface area contributed by atoms with Crippen LogP contribution in [0.2, 0.25) is 0 Å². The number of sulfone groups is 1. The average Bonchev–Trinajstić information content (AvgIpc) is 3.43. The molecule has 4 N–H and O–H groups in total. The molecular formula is C28H29F2N7O6S. The lowest BCUT2D eigenvalue weighted by Crippen LogP contribution is -2.48. The second kappa shape index (κ2) is 12.9. The Morgan fingerprint density at radius 1 is 1.11 bits per heavy atom. The normalized spacial score (nSPS) is 14.3. The summed E-state index contributed by atoms with van der Waals surface area (Å²) in [6.45, 7) is 1.95. The summed E-state index contributed by atoms with van der Waals surface area (Å²) in [5, 5.41) is 8.96. The first kappa shape index (κ1) is 30.8. The Hall–Kier alpha value is -4.67. The van der Waals surface area contributed by atoms with Gasteiger partial charge in [0, 0.05) is 56.7 Å². The van der Waals surface area contributed by atoms with Crippen LogP contribution in [0.1, 0.15) is 0 Å². The first-order valence-corrected chi connectivity index (χ1v) is 15.3. The molecule has 0 radical (unpaired) electrons. The molecule has 2 aromatic heterocycles. The molecule has 1 aliphatic rings. The van der Waals surface area contributed by atoms with Gasteiger partial charge in [-0.1, -0.05) is 18.2 Å². The smallest absolute Gasteiger partial charge is 0.410 e. The molecule has 1 aliphatic heterocycles. The van der Waals surface area contributed by atoms with Crippen LogP contribution in [0, 0.1) is 11.6 Å². The zero-order chi connectivity index (χ0) is 31.4. The molecule has 1 unspecified atom stereocenters. The average molecular weight is 630 g/mol. The number of anilines is 3. The largest absolute Gasteiger partial charge is 0.433 e. The summed E-state index contributed by atoms with van der Waals surface area (Å²) in [5.74, 6) is -2.62. The van der Waals surface area contributed by atoms with Crippen LogP contribution >= 0.6 is 0 Å². The van der Waals surface area contributed by atoms with Crippen molar-refractivity contribution in [3.8, 4) is 11.3 Å². The van der Waals surface area contributed by atoms with Gasteiger partial charge in [-0.05, 0) is 18.2 Å². The number of rotatable bonds is 9. The molecule has 44 heavy (non-hydrogen) atoms. The number of carbonyl (C=O) groups excluding carboxylic acids is 2. The molecule has 0 saturated carbocycles. The number of hydrogen-bond donors (Lipinski definition) is 4. The number of fused-ring (bicyclic) bond motifs is 1. The van der Waals surface area contributed by atoms with Gasteiger partial charge in [-0.25, -0.2) is 32.0 Å². The highest BCUT2D eigenvalue weighted by Crippen LogP contribution is 2.34. The van der Waals surface area contributed by atoms with E-state index in [-0.39, 0.29) is 23.9 Å². The molecule has 0 bridgehead atoms. The molecule has 3 heterocycles. The van der Waals surface area contributed by atoms with Crippen molar-refractivity contribution in [2.45, 2.75) is 11.0 Å². The predicted molar refractivity (Wildman–Crippen MR) is 157 cm³/mol. The Bertz CT molecular complexity index is 1810. The fraction of sp³-hybridized carbons (Fsp3) is 0.286. The van der Waals surface area contributed by atoms with Gasteiger partial charge in [0.25, 0.3) is 5.91 Å². The number of ether oxygens (including phenoxy) is 2. The molecule has 13 nitrogen and oxygen atoms in total. The molecule has 4 aromatic rings. The molecule has 0 spiro atoms. The Morgan fingerprint density at radius 2 is 1.84 bits per heavy atom. The van der Waals surface area contributed by atoms with Crippen molar-refractivity contribution in [2.75, 3.05) is 56.8 Å². The number of carbonyl (C=O) groups is 2. The van der Waals surface area contributed by atoms with Gasteiger partial charge in [0.15, 0.2) is 21.5 Å². The second-order valence-electron chi connectivity index (χ2n) is 9.89. The first-order valence-electron chi connectivity index (χ1n) is 13.4. The maximum atomic E-state index is 15.0. The molecule has 5 rings (SSSR count). The number of aromatic amines is 1. The van der Waals surface area contributed by atoms with Crippen LogP contribution in [0.3, 0.4) is 0 Å². The highest BCUT2D eigenvalue weighted by atomic mass is 32.2. The summed E-state index contributed by atoms with van der Waals surface area (Å²) < 4.78 is 64.3. The van der Waals surface area contributed by atoms with Gasteiger partial charge in [0.2, 0.25) is 12.1 Å². The predicted octanol–water partition coefficient (Wildman–Crippen LogP) is 3.05. The summed E-state index contributed by atoms with van der Waals surface area (Å²) in [6.07, 6.45) is 1.40. The lowest BCUT2D eigenvalue weighted by Gasteiger charge is -2.28. The highest BCUT2D eigenvalue weighted by Gasteiger charge is 2.28. The van der Waals surface area contributed by atoms with E-state index in [1.165, 1.54) is 30.3 Å². The Balaban J connectivity index is 1.39. The summed E-state index contributed by atoms with van der Waals surface area (Å²) in [6, 6.07) is 8.71. The van der Waals surface area contributed by atoms with Gasteiger partial charge >= 0.3 is 6.09 Å². The third-order valence-corrected chi connectivity index (χ3v) is 7.92. The number of nitrogens with one attached hydrogen (secondary N) is 4. The lowest BCUT2D eigenvalue weighted by atomic mass is 10.1. The summed E-state index contributed by atoms with van der Waals surface area (Å²) in [5.41, 5.74) is 0.713. The van der Waals surface area contributed by atoms with Crippen LogP contribution in [0.15, 0.2) is 53.7 Å². The van der Waals surface area contributed by atoms with E-state index in [0.29, 0.717) is 48.3 Å². The maximum absolute atomic E-state index is 15.0. The van der Waals surface area contributed by atoms with Crippen molar-refractivity contribution < 1.29 is 36.3 Å². The lowest BCUT2D eigenvalue weighted by molar-refractivity contribution is -0.127. The highest BCUT2D eigenvalue weighted by molar-refractivity contribution is 7.90. The van der Waals surface area contributed by atoms with Gasteiger partial charge in [0.05, 0.1) is 29.7 Å². The monoisotopic (exact) mass is 629 g/mol. The van der Waals surface area contributed by atoms with E-state index < -0.39 is 44.5 Å².